The lowest BCUT2D eigenvalue weighted by atomic mass is 9.99. The molecule has 4 nitrogen and oxygen atoms in total. The highest BCUT2D eigenvalue weighted by Crippen LogP contribution is 2.19. The number of piperidine rings is 1. The van der Waals surface area contributed by atoms with Crippen molar-refractivity contribution in [2.45, 2.75) is 25.9 Å². The molecule has 0 radical (unpaired) electrons. The summed E-state index contributed by atoms with van der Waals surface area (Å²) in [7, 11) is 1.78. The van der Waals surface area contributed by atoms with Crippen molar-refractivity contribution in [3.8, 4) is 0 Å². The Morgan fingerprint density at radius 3 is 3.24 bits per heavy atom. The standard InChI is InChI=1S/C12H21N3OS/c1-16-8-10-3-2-4-15(6-10)7-11-9-17-12(5-13)14-11/h9-10H,2-8,13H2,1H3. The van der Waals surface area contributed by atoms with Crippen LogP contribution in [0.25, 0.3) is 0 Å². The molecule has 0 bridgehead atoms. The van der Waals surface area contributed by atoms with Crippen LogP contribution in [0.1, 0.15) is 23.5 Å². The molecule has 0 aromatic carbocycles. The minimum Gasteiger partial charge on any atom is -0.384 e. The zero-order chi connectivity index (χ0) is 12.1. The van der Waals surface area contributed by atoms with E-state index in [0.717, 1.165) is 30.4 Å². The van der Waals surface area contributed by atoms with E-state index in [1.807, 2.05) is 0 Å². The van der Waals surface area contributed by atoms with Gasteiger partial charge in [-0.3, -0.25) is 4.90 Å². The first-order valence-electron chi connectivity index (χ1n) is 6.16. The maximum atomic E-state index is 5.58. The topological polar surface area (TPSA) is 51.4 Å². The molecule has 96 valence electrons. The van der Waals surface area contributed by atoms with Crippen LogP contribution < -0.4 is 5.73 Å². The van der Waals surface area contributed by atoms with Gasteiger partial charge in [0.05, 0.1) is 12.3 Å². The molecule has 1 saturated heterocycles. The number of rotatable bonds is 5. The van der Waals surface area contributed by atoms with Gasteiger partial charge in [-0.25, -0.2) is 4.98 Å². The number of nitrogens with zero attached hydrogens (tertiary/aromatic N) is 2. The summed E-state index contributed by atoms with van der Waals surface area (Å²) in [5, 5.41) is 3.16. The van der Waals surface area contributed by atoms with E-state index in [2.05, 4.69) is 15.3 Å². The van der Waals surface area contributed by atoms with Crippen LogP contribution in [0.3, 0.4) is 0 Å². The molecule has 1 atom stereocenters. The fourth-order valence-corrected chi connectivity index (χ4v) is 3.08. The lowest BCUT2D eigenvalue weighted by molar-refractivity contribution is 0.0868. The van der Waals surface area contributed by atoms with Crippen LogP contribution in [0.5, 0.6) is 0 Å². The monoisotopic (exact) mass is 255 g/mol. The third kappa shape index (κ3) is 3.74. The first-order chi connectivity index (χ1) is 8.31. The Morgan fingerprint density at radius 2 is 2.53 bits per heavy atom. The summed E-state index contributed by atoms with van der Waals surface area (Å²) < 4.78 is 5.24. The van der Waals surface area contributed by atoms with E-state index in [1.165, 1.54) is 19.4 Å². The van der Waals surface area contributed by atoms with Crippen LogP contribution in [-0.4, -0.2) is 36.7 Å². The Kier molecular flexibility index (Phi) is 4.91. The molecule has 2 heterocycles. The van der Waals surface area contributed by atoms with E-state index >= 15 is 0 Å². The van der Waals surface area contributed by atoms with Gasteiger partial charge in [0.1, 0.15) is 5.01 Å². The average Bonchev–Trinajstić information content (AvgIpc) is 2.78. The molecular weight excluding hydrogens is 234 g/mol. The average molecular weight is 255 g/mol. The first kappa shape index (κ1) is 13.0. The van der Waals surface area contributed by atoms with Crippen LogP contribution in [-0.2, 0) is 17.8 Å². The Labute approximate surface area is 107 Å². The van der Waals surface area contributed by atoms with Crippen LogP contribution in [0.15, 0.2) is 5.38 Å². The maximum Gasteiger partial charge on any atom is 0.106 e. The van der Waals surface area contributed by atoms with Gasteiger partial charge >= 0.3 is 0 Å². The van der Waals surface area contributed by atoms with E-state index in [-0.39, 0.29) is 0 Å². The van der Waals surface area contributed by atoms with Gasteiger partial charge in [0.25, 0.3) is 0 Å². The molecule has 2 N–H and O–H groups in total. The molecule has 0 spiro atoms. The lowest BCUT2D eigenvalue weighted by Crippen LogP contribution is -2.36. The van der Waals surface area contributed by atoms with Crippen LogP contribution in [0.4, 0.5) is 0 Å². The van der Waals surface area contributed by atoms with E-state index in [1.54, 1.807) is 18.4 Å². The number of aromatic nitrogens is 1. The summed E-state index contributed by atoms with van der Waals surface area (Å²) in [6.45, 7) is 4.69. The van der Waals surface area contributed by atoms with E-state index in [9.17, 15) is 0 Å². The lowest BCUT2D eigenvalue weighted by Gasteiger charge is -2.31. The van der Waals surface area contributed by atoms with Crippen molar-refractivity contribution in [1.82, 2.24) is 9.88 Å². The second-order valence-electron chi connectivity index (χ2n) is 4.64. The molecule has 2 rings (SSSR count). The summed E-state index contributed by atoms with van der Waals surface area (Å²) in [6.07, 6.45) is 2.55. The number of likely N-dealkylation sites (tertiary alicyclic amines) is 1. The highest BCUT2D eigenvalue weighted by molar-refractivity contribution is 7.09. The molecule has 0 saturated carbocycles. The normalized spacial score (nSPS) is 21.9. The molecule has 5 heteroatoms. The summed E-state index contributed by atoms with van der Waals surface area (Å²) in [5.41, 5.74) is 6.74. The maximum absolute atomic E-state index is 5.58. The molecule has 1 fully saturated rings. The van der Waals surface area contributed by atoms with Crippen molar-refractivity contribution in [3.63, 3.8) is 0 Å². The molecule has 1 unspecified atom stereocenters. The quantitative estimate of drug-likeness (QED) is 0.865. The third-order valence-corrected chi connectivity index (χ3v) is 4.08. The third-order valence-electron chi connectivity index (χ3n) is 3.17. The van der Waals surface area contributed by atoms with E-state index < -0.39 is 0 Å². The second kappa shape index (κ2) is 6.44. The smallest absolute Gasteiger partial charge is 0.106 e. The van der Waals surface area contributed by atoms with Crippen molar-refractivity contribution >= 4 is 11.3 Å². The highest BCUT2D eigenvalue weighted by Gasteiger charge is 2.20. The molecule has 1 aromatic heterocycles. The summed E-state index contributed by atoms with van der Waals surface area (Å²) in [6, 6.07) is 0. The van der Waals surface area contributed by atoms with Crippen molar-refractivity contribution in [1.29, 1.82) is 0 Å². The Morgan fingerprint density at radius 1 is 1.65 bits per heavy atom. The highest BCUT2D eigenvalue weighted by atomic mass is 32.1. The van der Waals surface area contributed by atoms with Gasteiger partial charge in [-0.2, -0.15) is 0 Å². The predicted octanol–water partition coefficient (Wildman–Crippen LogP) is 1.46. The molecule has 1 aromatic rings. The molecule has 0 aliphatic carbocycles. The van der Waals surface area contributed by atoms with Gasteiger partial charge in [-0.05, 0) is 25.3 Å². The fourth-order valence-electron chi connectivity index (χ4n) is 2.41. The summed E-state index contributed by atoms with van der Waals surface area (Å²) in [4.78, 5) is 6.99. The van der Waals surface area contributed by atoms with Crippen LogP contribution >= 0.6 is 11.3 Å². The van der Waals surface area contributed by atoms with Crippen molar-refractivity contribution < 1.29 is 4.74 Å². The molecule has 17 heavy (non-hydrogen) atoms. The zero-order valence-electron chi connectivity index (χ0n) is 10.4. The Bertz CT molecular complexity index is 340. The van der Waals surface area contributed by atoms with Crippen molar-refractivity contribution in [2.75, 3.05) is 26.8 Å². The van der Waals surface area contributed by atoms with Gasteiger partial charge in [0.15, 0.2) is 0 Å². The number of hydrogen-bond acceptors (Lipinski definition) is 5. The number of ether oxygens (including phenoxy) is 1. The largest absolute Gasteiger partial charge is 0.384 e. The van der Waals surface area contributed by atoms with Crippen molar-refractivity contribution in [3.05, 3.63) is 16.1 Å². The van der Waals surface area contributed by atoms with Gasteiger partial charge in [-0.1, -0.05) is 0 Å². The van der Waals surface area contributed by atoms with Gasteiger partial charge < -0.3 is 10.5 Å². The predicted molar refractivity (Wildman–Crippen MR) is 69.9 cm³/mol. The minimum atomic E-state index is 0.553. The van der Waals surface area contributed by atoms with Gasteiger partial charge in [0, 0.05) is 32.1 Å². The van der Waals surface area contributed by atoms with E-state index in [4.69, 9.17) is 10.5 Å². The SMILES string of the molecule is COCC1CCCN(Cc2csc(CN)n2)C1. The van der Waals surface area contributed by atoms with Gasteiger partial charge in [0.2, 0.25) is 0 Å². The zero-order valence-corrected chi connectivity index (χ0v) is 11.2. The minimum absolute atomic E-state index is 0.553. The summed E-state index contributed by atoms with van der Waals surface area (Å²) >= 11 is 1.66. The van der Waals surface area contributed by atoms with Crippen molar-refractivity contribution in [2.24, 2.45) is 11.7 Å². The molecule has 1 aliphatic heterocycles. The number of methoxy groups -OCH3 is 1. The molecular formula is C12H21N3OS. The Hall–Kier alpha value is -0.490. The summed E-state index contributed by atoms with van der Waals surface area (Å²) in [5.74, 6) is 0.682. The first-order valence-corrected chi connectivity index (χ1v) is 7.04. The van der Waals surface area contributed by atoms with E-state index in [0.29, 0.717) is 12.5 Å². The number of hydrogen-bond donors (Lipinski definition) is 1. The molecule has 0 amide bonds. The Balaban J connectivity index is 1.85. The second-order valence-corrected chi connectivity index (χ2v) is 5.58. The fraction of sp³-hybridized carbons (Fsp3) is 0.750. The number of nitrogens with two attached hydrogens (primary N) is 1. The molecule has 1 aliphatic rings. The van der Waals surface area contributed by atoms with Gasteiger partial charge in [-0.15, -0.1) is 11.3 Å². The number of thiazole rings is 1. The van der Waals surface area contributed by atoms with Crippen LogP contribution in [0, 0.1) is 5.92 Å². The van der Waals surface area contributed by atoms with Crippen LogP contribution in [0.2, 0.25) is 0 Å².